The fourth-order valence-corrected chi connectivity index (χ4v) is 3.96. The van der Waals surface area contributed by atoms with Gasteiger partial charge in [0, 0.05) is 37.5 Å². The summed E-state index contributed by atoms with van der Waals surface area (Å²) in [7, 11) is 0. The van der Waals surface area contributed by atoms with Crippen LogP contribution in [0, 0.1) is 0 Å². The van der Waals surface area contributed by atoms with Gasteiger partial charge in [0.25, 0.3) is 5.56 Å². The Bertz CT molecular complexity index is 735. The molecule has 5 nitrogen and oxygen atoms in total. The maximum atomic E-state index is 13.0. The predicted molar refractivity (Wildman–Crippen MR) is 105 cm³/mol. The molecule has 0 spiro atoms. The number of aliphatic hydroxyl groups is 1. The molecule has 1 aromatic carbocycles. The maximum Gasteiger partial charge on any atom is 0.262 e. The van der Waals surface area contributed by atoms with Crippen LogP contribution < -0.4 is 5.56 Å². The van der Waals surface area contributed by atoms with Gasteiger partial charge >= 0.3 is 0 Å². The molecule has 138 valence electrons. The zero-order valence-electron chi connectivity index (χ0n) is 15.6. The molecule has 2 rings (SSSR count). The Morgan fingerprint density at radius 1 is 1.20 bits per heavy atom. The minimum absolute atomic E-state index is 0.0181. The zero-order chi connectivity index (χ0) is 18.4. The van der Waals surface area contributed by atoms with Gasteiger partial charge in [0.1, 0.15) is 0 Å². The number of para-hydroxylation sites is 1. The van der Waals surface area contributed by atoms with Crippen molar-refractivity contribution in [3.8, 4) is 0 Å². The highest BCUT2D eigenvalue weighted by atomic mass is 32.2. The molecule has 1 aromatic heterocycles. The molecule has 0 radical (unpaired) electrons. The summed E-state index contributed by atoms with van der Waals surface area (Å²) in [4.78, 5) is 20.1. The standard InChI is InChI=1S/C19H29N3O2S/c1-14(2)21(15(3)4)10-11-22-18(24)16-8-5-6-9-17(16)20-19(22)25-13-7-12-23/h5-6,8-9,14-15,23H,7,10-13H2,1-4H3. The number of hydrogen-bond acceptors (Lipinski definition) is 5. The fourth-order valence-electron chi connectivity index (χ4n) is 3.01. The Balaban J connectivity index is 2.35. The van der Waals surface area contributed by atoms with Gasteiger partial charge in [0.2, 0.25) is 0 Å². The second kappa shape index (κ2) is 9.36. The van der Waals surface area contributed by atoms with E-state index in [2.05, 4.69) is 32.6 Å². The van der Waals surface area contributed by atoms with Crippen LogP contribution in [0.15, 0.2) is 34.2 Å². The van der Waals surface area contributed by atoms with Gasteiger partial charge in [-0.15, -0.1) is 0 Å². The number of fused-ring (bicyclic) bond motifs is 1. The summed E-state index contributed by atoms with van der Waals surface area (Å²) in [6.07, 6.45) is 0.692. The van der Waals surface area contributed by atoms with Crippen molar-refractivity contribution in [2.75, 3.05) is 18.9 Å². The molecule has 0 saturated heterocycles. The van der Waals surface area contributed by atoms with Crippen molar-refractivity contribution in [2.24, 2.45) is 0 Å². The van der Waals surface area contributed by atoms with Gasteiger partial charge in [-0.1, -0.05) is 23.9 Å². The second-order valence-corrected chi connectivity index (χ2v) is 7.78. The number of benzene rings is 1. The highest BCUT2D eigenvalue weighted by Gasteiger charge is 2.16. The van der Waals surface area contributed by atoms with E-state index in [1.807, 2.05) is 24.3 Å². The van der Waals surface area contributed by atoms with E-state index >= 15 is 0 Å². The van der Waals surface area contributed by atoms with Crippen LogP contribution in [-0.4, -0.2) is 50.5 Å². The highest BCUT2D eigenvalue weighted by molar-refractivity contribution is 7.99. The molecule has 1 heterocycles. The lowest BCUT2D eigenvalue weighted by Gasteiger charge is -2.30. The van der Waals surface area contributed by atoms with Crippen molar-refractivity contribution in [1.82, 2.24) is 14.5 Å². The number of nitrogens with zero attached hydrogens (tertiary/aromatic N) is 3. The van der Waals surface area contributed by atoms with Crippen molar-refractivity contribution in [3.63, 3.8) is 0 Å². The Labute approximate surface area is 154 Å². The SMILES string of the molecule is CC(C)N(CCn1c(SCCCO)nc2ccccc2c1=O)C(C)C. The number of rotatable bonds is 9. The van der Waals surface area contributed by atoms with Gasteiger partial charge in [-0.2, -0.15) is 0 Å². The van der Waals surface area contributed by atoms with E-state index < -0.39 is 0 Å². The van der Waals surface area contributed by atoms with Crippen LogP contribution in [0.1, 0.15) is 34.1 Å². The van der Waals surface area contributed by atoms with E-state index in [0.29, 0.717) is 30.4 Å². The Hall–Kier alpha value is -1.37. The van der Waals surface area contributed by atoms with Gasteiger partial charge < -0.3 is 5.11 Å². The molecule has 0 fully saturated rings. The van der Waals surface area contributed by atoms with Crippen LogP contribution in [0.4, 0.5) is 0 Å². The number of thioether (sulfide) groups is 1. The average molecular weight is 364 g/mol. The molecule has 1 N–H and O–H groups in total. The third-order valence-electron chi connectivity index (χ3n) is 4.27. The van der Waals surface area contributed by atoms with E-state index in [9.17, 15) is 4.79 Å². The van der Waals surface area contributed by atoms with Gasteiger partial charge in [0.15, 0.2) is 5.16 Å². The monoisotopic (exact) mass is 363 g/mol. The van der Waals surface area contributed by atoms with Crippen molar-refractivity contribution >= 4 is 22.7 Å². The summed E-state index contributed by atoms with van der Waals surface area (Å²) in [6, 6.07) is 8.35. The zero-order valence-corrected chi connectivity index (χ0v) is 16.4. The Morgan fingerprint density at radius 2 is 1.88 bits per heavy atom. The summed E-state index contributed by atoms with van der Waals surface area (Å²) in [6.45, 7) is 10.3. The third kappa shape index (κ3) is 5.06. The predicted octanol–water partition coefficient (Wildman–Crippen LogP) is 2.99. The molecule has 0 aliphatic carbocycles. The molecule has 0 atom stereocenters. The Kier molecular flexibility index (Phi) is 7.47. The first-order valence-electron chi connectivity index (χ1n) is 8.94. The van der Waals surface area contributed by atoms with E-state index in [0.717, 1.165) is 23.0 Å². The molecule has 25 heavy (non-hydrogen) atoms. The summed E-state index contributed by atoms with van der Waals surface area (Å²) in [5, 5.41) is 10.4. The molecule has 0 amide bonds. The van der Waals surface area contributed by atoms with Crippen LogP contribution in [-0.2, 0) is 6.54 Å². The average Bonchev–Trinajstić information content (AvgIpc) is 2.57. The largest absolute Gasteiger partial charge is 0.396 e. The number of aromatic nitrogens is 2. The topological polar surface area (TPSA) is 58.4 Å². The number of aliphatic hydroxyl groups excluding tert-OH is 1. The molecular weight excluding hydrogens is 334 g/mol. The highest BCUT2D eigenvalue weighted by Crippen LogP contribution is 2.19. The molecule has 0 bridgehead atoms. The van der Waals surface area contributed by atoms with Crippen LogP contribution >= 0.6 is 11.8 Å². The smallest absolute Gasteiger partial charge is 0.262 e. The minimum Gasteiger partial charge on any atom is -0.396 e. The maximum absolute atomic E-state index is 13.0. The van der Waals surface area contributed by atoms with Gasteiger partial charge in [-0.3, -0.25) is 14.3 Å². The molecule has 0 aliphatic heterocycles. The summed E-state index contributed by atoms with van der Waals surface area (Å²) in [5.74, 6) is 0.749. The molecule has 0 aliphatic rings. The van der Waals surface area contributed by atoms with Gasteiger partial charge in [-0.25, -0.2) is 4.98 Å². The molecule has 0 unspecified atom stereocenters. The first kappa shape index (κ1) is 19.9. The van der Waals surface area contributed by atoms with Crippen LogP contribution in [0.2, 0.25) is 0 Å². The van der Waals surface area contributed by atoms with Crippen molar-refractivity contribution in [1.29, 1.82) is 0 Å². The van der Waals surface area contributed by atoms with Crippen LogP contribution in [0.5, 0.6) is 0 Å². The van der Waals surface area contributed by atoms with Crippen LogP contribution in [0.3, 0.4) is 0 Å². The summed E-state index contributed by atoms with van der Waals surface area (Å²) >= 11 is 1.54. The summed E-state index contributed by atoms with van der Waals surface area (Å²) in [5.41, 5.74) is 0.754. The number of hydrogen-bond donors (Lipinski definition) is 1. The van der Waals surface area contributed by atoms with Crippen molar-refractivity contribution in [2.45, 2.75) is 57.9 Å². The second-order valence-electron chi connectivity index (χ2n) is 6.72. The molecule has 6 heteroatoms. The first-order valence-corrected chi connectivity index (χ1v) is 9.93. The first-order chi connectivity index (χ1) is 12.0. The lowest BCUT2D eigenvalue weighted by Crippen LogP contribution is -2.40. The van der Waals surface area contributed by atoms with E-state index in [1.165, 1.54) is 0 Å². The quantitative estimate of drug-likeness (QED) is 0.422. The van der Waals surface area contributed by atoms with Gasteiger partial charge in [-0.05, 0) is 46.2 Å². The van der Waals surface area contributed by atoms with E-state index in [1.54, 1.807) is 16.3 Å². The van der Waals surface area contributed by atoms with E-state index in [4.69, 9.17) is 10.1 Å². The summed E-state index contributed by atoms with van der Waals surface area (Å²) < 4.78 is 1.79. The van der Waals surface area contributed by atoms with Crippen molar-refractivity contribution in [3.05, 3.63) is 34.6 Å². The molecule has 0 saturated carbocycles. The minimum atomic E-state index is 0.0181. The fraction of sp³-hybridized carbons (Fsp3) is 0.579. The molecular formula is C19H29N3O2S. The Morgan fingerprint density at radius 3 is 2.52 bits per heavy atom. The van der Waals surface area contributed by atoms with Crippen LogP contribution in [0.25, 0.3) is 10.9 Å². The van der Waals surface area contributed by atoms with Gasteiger partial charge in [0.05, 0.1) is 10.9 Å². The van der Waals surface area contributed by atoms with Crippen molar-refractivity contribution < 1.29 is 5.11 Å². The normalized spacial score (nSPS) is 12.0. The lowest BCUT2D eigenvalue weighted by molar-refractivity contribution is 0.166. The lowest BCUT2D eigenvalue weighted by atomic mass is 10.2. The third-order valence-corrected chi connectivity index (χ3v) is 5.33. The molecule has 2 aromatic rings. The van der Waals surface area contributed by atoms with E-state index in [-0.39, 0.29) is 12.2 Å².